The Morgan fingerprint density at radius 2 is 1.61 bits per heavy atom. The number of nitrogens with one attached hydrogen (secondary N) is 5. The normalized spacial score (nSPS) is 22.7. The fourth-order valence-corrected chi connectivity index (χ4v) is 5.25. The van der Waals surface area contributed by atoms with Gasteiger partial charge in [0.2, 0.25) is 23.6 Å². The summed E-state index contributed by atoms with van der Waals surface area (Å²) in [7, 11) is 0. The first-order valence-corrected chi connectivity index (χ1v) is 14.8. The Morgan fingerprint density at radius 1 is 0.902 bits per heavy atom. The molecule has 0 radical (unpaired) electrons. The second kappa shape index (κ2) is 15.3. The molecule has 41 heavy (non-hydrogen) atoms. The molecular formula is C31H45N5O5. The summed E-state index contributed by atoms with van der Waals surface area (Å²) in [5.74, 6) is -1.24. The number of hydrogen-bond donors (Lipinski definition) is 5. The molecule has 5 N–H and O–H groups in total. The third kappa shape index (κ3) is 9.72. The van der Waals surface area contributed by atoms with E-state index in [1.807, 2.05) is 51.2 Å². The molecular weight excluding hydrogens is 522 g/mol. The van der Waals surface area contributed by atoms with Crippen LogP contribution in [-0.4, -0.2) is 58.6 Å². The number of rotatable bonds is 11. The number of hydrogen-bond acceptors (Lipinski definition) is 5. The van der Waals surface area contributed by atoms with E-state index in [0.717, 1.165) is 22.9 Å². The highest BCUT2D eigenvalue weighted by atomic mass is 16.2. The third-order valence-electron chi connectivity index (χ3n) is 7.51. The molecule has 1 aromatic carbocycles. The molecule has 1 aliphatic heterocycles. The molecule has 3 rings (SSSR count). The van der Waals surface area contributed by atoms with Crippen LogP contribution in [0.25, 0.3) is 10.9 Å². The highest BCUT2D eigenvalue weighted by Gasteiger charge is 2.31. The van der Waals surface area contributed by atoms with Crippen LogP contribution in [0.3, 0.4) is 0 Å². The fraction of sp³-hybridized carbons (Fsp3) is 0.581. The minimum Gasteiger partial charge on any atom is -0.361 e. The summed E-state index contributed by atoms with van der Waals surface area (Å²) in [6.07, 6.45) is 6.06. The number of Topliss-reactive ketones (excluding diaryl/α,β-unsaturated/α-hetero) is 1. The maximum Gasteiger partial charge on any atom is 0.243 e. The molecule has 2 heterocycles. The predicted octanol–water partition coefficient (Wildman–Crippen LogP) is 3.05. The average molecular weight is 568 g/mol. The molecule has 0 saturated carbocycles. The van der Waals surface area contributed by atoms with E-state index in [-0.39, 0.29) is 36.4 Å². The number of amides is 4. The maximum atomic E-state index is 13.7. The number of benzene rings is 1. The van der Waals surface area contributed by atoms with Gasteiger partial charge in [-0.15, -0.1) is 0 Å². The summed E-state index contributed by atoms with van der Waals surface area (Å²) < 4.78 is 0. The van der Waals surface area contributed by atoms with Gasteiger partial charge in [0.05, 0.1) is 0 Å². The molecule has 1 aliphatic rings. The summed E-state index contributed by atoms with van der Waals surface area (Å²) in [5, 5.41) is 12.4. The summed E-state index contributed by atoms with van der Waals surface area (Å²) in [6.45, 7) is 7.43. The Balaban J connectivity index is 1.86. The number of ketones is 1. The van der Waals surface area contributed by atoms with Crippen LogP contribution in [0.5, 0.6) is 0 Å². The van der Waals surface area contributed by atoms with Crippen LogP contribution in [-0.2, 0) is 30.4 Å². The predicted molar refractivity (Wildman–Crippen MR) is 158 cm³/mol. The number of unbranched alkanes of at least 4 members (excludes halogenated alkanes) is 2. The molecule has 224 valence electrons. The highest BCUT2D eigenvalue weighted by Crippen LogP contribution is 2.20. The van der Waals surface area contributed by atoms with Gasteiger partial charge < -0.3 is 26.3 Å². The number of para-hydroxylation sites is 1. The molecule has 1 saturated heterocycles. The molecule has 1 fully saturated rings. The largest absolute Gasteiger partial charge is 0.361 e. The zero-order valence-electron chi connectivity index (χ0n) is 24.7. The van der Waals surface area contributed by atoms with Gasteiger partial charge in [-0.1, -0.05) is 51.8 Å². The minimum atomic E-state index is -0.917. The summed E-state index contributed by atoms with van der Waals surface area (Å²) in [4.78, 5) is 68.0. The van der Waals surface area contributed by atoms with Crippen molar-refractivity contribution >= 4 is 40.3 Å². The second-order valence-corrected chi connectivity index (χ2v) is 11.5. The van der Waals surface area contributed by atoms with Gasteiger partial charge in [-0.2, -0.15) is 0 Å². The van der Waals surface area contributed by atoms with Crippen LogP contribution in [0, 0.1) is 5.92 Å². The Bertz CT molecular complexity index is 1220. The van der Waals surface area contributed by atoms with Crippen molar-refractivity contribution in [2.45, 2.75) is 110 Å². The molecule has 0 spiro atoms. The summed E-state index contributed by atoms with van der Waals surface area (Å²) >= 11 is 0. The molecule has 2 aromatic rings. The van der Waals surface area contributed by atoms with Crippen molar-refractivity contribution in [3.05, 3.63) is 36.0 Å². The topological polar surface area (TPSA) is 149 Å². The van der Waals surface area contributed by atoms with Gasteiger partial charge in [-0.25, -0.2) is 0 Å². The van der Waals surface area contributed by atoms with E-state index in [2.05, 4.69) is 26.3 Å². The quantitative estimate of drug-likeness (QED) is 0.265. The smallest absolute Gasteiger partial charge is 0.243 e. The molecule has 4 atom stereocenters. The number of fused-ring (bicyclic) bond motifs is 1. The zero-order chi connectivity index (χ0) is 29.9. The molecule has 0 unspecified atom stereocenters. The van der Waals surface area contributed by atoms with Gasteiger partial charge in [-0.05, 0) is 43.7 Å². The van der Waals surface area contributed by atoms with Gasteiger partial charge in [0.25, 0.3) is 0 Å². The fourth-order valence-electron chi connectivity index (χ4n) is 5.25. The van der Waals surface area contributed by atoms with Crippen molar-refractivity contribution in [1.29, 1.82) is 0 Å². The maximum absolute atomic E-state index is 13.7. The Hall–Kier alpha value is -3.69. The Labute approximate surface area is 242 Å². The summed E-state index contributed by atoms with van der Waals surface area (Å²) in [6, 6.07) is 4.62. The van der Waals surface area contributed by atoms with E-state index in [0.29, 0.717) is 38.5 Å². The van der Waals surface area contributed by atoms with Crippen molar-refractivity contribution in [1.82, 2.24) is 26.3 Å². The molecule has 0 bridgehead atoms. The van der Waals surface area contributed by atoms with E-state index in [1.54, 1.807) is 6.92 Å². The number of carbonyl (C=O) groups excluding carboxylic acids is 5. The van der Waals surface area contributed by atoms with Crippen molar-refractivity contribution in [3.63, 3.8) is 0 Å². The SMILES string of the molecule is CCC(=O)CCCCC[C@@H]1NC(=O)[C@@H](C)NC(=O)C[C@H](CC(C)C)NC(=O)[C@H](Cc2c[nH]c3ccccc23)NC1=O. The molecule has 4 amide bonds. The lowest BCUT2D eigenvalue weighted by atomic mass is 9.98. The molecule has 0 aliphatic carbocycles. The van der Waals surface area contributed by atoms with Gasteiger partial charge in [0.1, 0.15) is 23.9 Å². The average Bonchev–Trinajstić information content (AvgIpc) is 3.33. The number of aromatic nitrogens is 1. The lowest BCUT2D eigenvalue weighted by molar-refractivity contribution is -0.133. The van der Waals surface area contributed by atoms with Crippen LogP contribution in [0.1, 0.15) is 84.6 Å². The lowest BCUT2D eigenvalue weighted by Crippen LogP contribution is -2.56. The lowest BCUT2D eigenvalue weighted by Gasteiger charge is -2.25. The van der Waals surface area contributed by atoms with Crippen molar-refractivity contribution in [2.24, 2.45) is 5.92 Å². The highest BCUT2D eigenvalue weighted by molar-refractivity contribution is 5.95. The van der Waals surface area contributed by atoms with E-state index >= 15 is 0 Å². The Kier molecular flexibility index (Phi) is 11.9. The number of aromatic amines is 1. The van der Waals surface area contributed by atoms with E-state index in [9.17, 15) is 24.0 Å². The number of carbonyl (C=O) groups is 5. The first-order valence-electron chi connectivity index (χ1n) is 14.8. The molecule has 1 aromatic heterocycles. The van der Waals surface area contributed by atoms with Crippen LogP contribution >= 0.6 is 0 Å². The van der Waals surface area contributed by atoms with Gasteiger partial charge >= 0.3 is 0 Å². The van der Waals surface area contributed by atoms with Crippen LogP contribution < -0.4 is 21.3 Å². The van der Waals surface area contributed by atoms with Crippen LogP contribution in [0.4, 0.5) is 0 Å². The monoisotopic (exact) mass is 567 g/mol. The van der Waals surface area contributed by atoms with Gasteiger partial charge in [0, 0.05) is 48.8 Å². The van der Waals surface area contributed by atoms with Gasteiger partial charge in [0.15, 0.2) is 0 Å². The summed E-state index contributed by atoms with van der Waals surface area (Å²) in [5.41, 5.74) is 1.80. The third-order valence-corrected chi connectivity index (χ3v) is 7.51. The minimum absolute atomic E-state index is 0.0230. The van der Waals surface area contributed by atoms with Crippen molar-refractivity contribution in [3.8, 4) is 0 Å². The Morgan fingerprint density at radius 3 is 2.34 bits per heavy atom. The zero-order valence-corrected chi connectivity index (χ0v) is 24.7. The first kappa shape index (κ1) is 31.8. The van der Waals surface area contributed by atoms with E-state index < -0.39 is 36.0 Å². The second-order valence-electron chi connectivity index (χ2n) is 11.5. The molecule has 10 nitrogen and oxygen atoms in total. The van der Waals surface area contributed by atoms with Gasteiger partial charge in [-0.3, -0.25) is 24.0 Å². The standard InChI is InChI=1S/C31H45N5O5/c1-5-23(37)11-7-6-8-14-26-30(40)36-27(16-21-18-32-25-13-10-9-12-24(21)25)31(41)34-22(15-19(2)3)17-28(38)33-20(4)29(39)35-26/h9-10,12-13,18-20,22,26-27,32H,5-8,11,14-17H2,1-4H3,(H,33,38)(H,34,41)(H,35,39)(H,36,40)/t20-,22+,26+,27+/m1/s1. The van der Waals surface area contributed by atoms with Crippen LogP contribution in [0.15, 0.2) is 30.5 Å². The van der Waals surface area contributed by atoms with Crippen LogP contribution in [0.2, 0.25) is 0 Å². The van der Waals surface area contributed by atoms with Crippen molar-refractivity contribution < 1.29 is 24.0 Å². The van der Waals surface area contributed by atoms with E-state index in [1.165, 1.54) is 0 Å². The van der Waals surface area contributed by atoms with Crippen molar-refractivity contribution in [2.75, 3.05) is 0 Å². The molecule has 10 heteroatoms. The number of H-pyrrole nitrogens is 1. The first-order chi connectivity index (χ1) is 19.6. The van der Waals surface area contributed by atoms with E-state index in [4.69, 9.17) is 0 Å².